The zero-order chi connectivity index (χ0) is 22.2. The standard InChI is InChI=1S/C26H23N5O/c1-17-7-10-20(11-8-17)26-22(31-14-18(2)9-12-25(31)29-26)13-23(32)21-15-30(16-27-21)24-6-4-5-19(3)28-24/h4-12,14-16H,13H2,1-3H3. The first-order valence-electron chi connectivity index (χ1n) is 10.5. The number of ketones is 1. The summed E-state index contributed by atoms with van der Waals surface area (Å²) in [6.07, 6.45) is 5.60. The number of hydrogen-bond acceptors (Lipinski definition) is 4. The van der Waals surface area contributed by atoms with Crippen molar-refractivity contribution in [2.24, 2.45) is 0 Å². The van der Waals surface area contributed by atoms with Crippen molar-refractivity contribution in [2.75, 3.05) is 0 Å². The molecule has 0 amide bonds. The molecule has 0 aliphatic rings. The highest BCUT2D eigenvalue weighted by molar-refractivity contribution is 5.96. The van der Waals surface area contributed by atoms with Crippen molar-refractivity contribution in [3.63, 3.8) is 0 Å². The van der Waals surface area contributed by atoms with E-state index in [4.69, 9.17) is 4.98 Å². The molecule has 0 bridgehead atoms. The quantitative estimate of drug-likeness (QED) is 0.377. The van der Waals surface area contributed by atoms with Gasteiger partial charge in [0.2, 0.25) is 0 Å². The highest BCUT2D eigenvalue weighted by Crippen LogP contribution is 2.26. The summed E-state index contributed by atoms with van der Waals surface area (Å²) in [5.74, 6) is 0.676. The second-order valence-corrected chi connectivity index (χ2v) is 8.11. The van der Waals surface area contributed by atoms with Gasteiger partial charge in [0.1, 0.15) is 23.5 Å². The molecule has 4 aromatic heterocycles. The molecule has 32 heavy (non-hydrogen) atoms. The predicted molar refractivity (Wildman–Crippen MR) is 124 cm³/mol. The van der Waals surface area contributed by atoms with Crippen LogP contribution < -0.4 is 0 Å². The second kappa shape index (κ2) is 7.89. The average molecular weight is 422 g/mol. The van der Waals surface area contributed by atoms with Gasteiger partial charge < -0.3 is 4.40 Å². The molecule has 0 saturated heterocycles. The normalized spacial score (nSPS) is 11.2. The number of Topliss-reactive ketones (excluding diaryl/α,β-unsaturated/α-hetero) is 1. The first-order valence-corrected chi connectivity index (χ1v) is 10.5. The van der Waals surface area contributed by atoms with Gasteiger partial charge in [0.15, 0.2) is 5.78 Å². The van der Waals surface area contributed by atoms with Gasteiger partial charge in [0.05, 0.1) is 17.8 Å². The molecule has 0 radical (unpaired) electrons. The number of aromatic nitrogens is 5. The third-order valence-corrected chi connectivity index (χ3v) is 5.52. The van der Waals surface area contributed by atoms with Crippen LogP contribution in [0.15, 0.2) is 73.3 Å². The van der Waals surface area contributed by atoms with Crippen LogP contribution in [0, 0.1) is 20.8 Å². The molecule has 6 nitrogen and oxygen atoms in total. The Morgan fingerprint density at radius 2 is 1.66 bits per heavy atom. The number of aryl methyl sites for hydroxylation is 3. The maximum absolute atomic E-state index is 13.3. The highest BCUT2D eigenvalue weighted by Gasteiger charge is 2.20. The monoisotopic (exact) mass is 421 g/mol. The molecule has 4 heterocycles. The molecule has 0 fully saturated rings. The molecule has 5 aromatic rings. The summed E-state index contributed by atoms with van der Waals surface area (Å²) >= 11 is 0. The zero-order valence-corrected chi connectivity index (χ0v) is 18.3. The van der Waals surface area contributed by atoms with E-state index in [9.17, 15) is 4.79 Å². The highest BCUT2D eigenvalue weighted by atomic mass is 16.1. The van der Waals surface area contributed by atoms with E-state index in [1.807, 2.05) is 54.8 Å². The van der Waals surface area contributed by atoms with E-state index in [1.54, 1.807) is 17.1 Å². The fourth-order valence-corrected chi connectivity index (χ4v) is 3.82. The second-order valence-electron chi connectivity index (χ2n) is 8.11. The van der Waals surface area contributed by atoms with Crippen molar-refractivity contribution in [1.29, 1.82) is 0 Å². The Balaban J connectivity index is 1.53. The Bertz CT molecular complexity index is 1440. The number of rotatable bonds is 5. The molecular weight excluding hydrogens is 398 g/mol. The van der Waals surface area contributed by atoms with E-state index >= 15 is 0 Å². The minimum atomic E-state index is -0.0620. The lowest BCUT2D eigenvalue weighted by Gasteiger charge is -2.06. The van der Waals surface area contributed by atoms with E-state index in [0.717, 1.165) is 39.7 Å². The van der Waals surface area contributed by atoms with Gasteiger partial charge in [-0.2, -0.15) is 0 Å². The third kappa shape index (κ3) is 3.71. The molecule has 0 aliphatic carbocycles. The molecular formula is C26H23N5O. The van der Waals surface area contributed by atoms with E-state index in [1.165, 1.54) is 5.56 Å². The molecule has 0 unspecified atom stereocenters. The SMILES string of the molecule is Cc1ccc(-c2nc3ccc(C)cn3c2CC(=O)c2cn(-c3cccc(C)n3)cn2)cc1. The Hall–Kier alpha value is -4.06. The van der Waals surface area contributed by atoms with Crippen LogP contribution in [0.5, 0.6) is 0 Å². The minimum Gasteiger partial charge on any atom is -0.303 e. The number of nitrogens with zero attached hydrogens (tertiary/aromatic N) is 5. The summed E-state index contributed by atoms with van der Waals surface area (Å²) in [6, 6.07) is 18.0. The molecule has 0 N–H and O–H groups in total. The lowest BCUT2D eigenvalue weighted by Crippen LogP contribution is -2.08. The third-order valence-electron chi connectivity index (χ3n) is 5.52. The Morgan fingerprint density at radius 1 is 0.875 bits per heavy atom. The van der Waals surface area contributed by atoms with Crippen LogP contribution in [0.4, 0.5) is 0 Å². The van der Waals surface area contributed by atoms with Crippen molar-refractivity contribution in [3.8, 4) is 17.1 Å². The topological polar surface area (TPSA) is 65.1 Å². The minimum absolute atomic E-state index is 0.0620. The van der Waals surface area contributed by atoms with E-state index in [2.05, 4.69) is 41.2 Å². The lowest BCUT2D eigenvalue weighted by molar-refractivity contribution is 0.0987. The number of carbonyl (C=O) groups excluding carboxylic acids is 1. The van der Waals surface area contributed by atoms with Gasteiger partial charge in [0, 0.05) is 23.7 Å². The fourth-order valence-electron chi connectivity index (χ4n) is 3.82. The van der Waals surface area contributed by atoms with Gasteiger partial charge in [-0.05, 0) is 44.5 Å². The fraction of sp³-hybridized carbons (Fsp3) is 0.154. The van der Waals surface area contributed by atoms with Crippen LogP contribution in [0.3, 0.4) is 0 Å². The maximum atomic E-state index is 13.3. The molecule has 158 valence electrons. The van der Waals surface area contributed by atoms with Gasteiger partial charge in [-0.15, -0.1) is 0 Å². The van der Waals surface area contributed by atoms with Crippen LogP contribution in [-0.4, -0.2) is 29.7 Å². The number of fused-ring (bicyclic) bond motifs is 1. The zero-order valence-electron chi connectivity index (χ0n) is 18.3. The van der Waals surface area contributed by atoms with Crippen molar-refractivity contribution in [3.05, 3.63) is 102 Å². The van der Waals surface area contributed by atoms with Gasteiger partial charge >= 0.3 is 0 Å². The van der Waals surface area contributed by atoms with Crippen LogP contribution >= 0.6 is 0 Å². The number of carbonyl (C=O) groups is 1. The van der Waals surface area contributed by atoms with Crippen LogP contribution in [0.2, 0.25) is 0 Å². The molecule has 6 heteroatoms. The Kier molecular flexibility index (Phi) is 4.90. The average Bonchev–Trinajstić information content (AvgIpc) is 3.40. The van der Waals surface area contributed by atoms with Crippen LogP contribution in [0.1, 0.15) is 33.0 Å². The number of benzene rings is 1. The van der Waals surface area contributed by atoms with Crippen molar-refractivity contribution >= 4 is 11.4 Å². The smallest absolute Gasteiger partial charge is 0.188 e. The van der Waals surface area contributed by atoms with Gasteiger partial charge in [-0.3, -0.25) is 9.36 Å². The first-order chi connectivity index (χ1) is 15.5. The molecule has 0 spiro atoms. The molecule has 0 atom stereocenters. The number of imidazole rings is 2. The largest absolute Gasteiger partial charge is 0.303 e. The lowest BCUT2D eigenvalue weighted by atomic mass is 10.0. The number of pyridine rings is 2. The van der Waals surface area contributed by atoms with Gasteiger partial charge in [0.25, 0.3) is 0 Å². The van der Waals surface area contributed by atoms with E-state index in [0.29, 0.717) is 5.69 Å². The summed E-state index contributed by atoms with van der Waals surface area (Å²) in [5, 5.41) is 0. The molecule has 5 rings (SSSR count). The molecule has 1 aromatic carbocycles. The Morgan fingerprint density at radius 3 is 2.44 bits per heavy atom. The summed E-state index contributed by atoms with van der Waals surface area (Å²) in [6.45, 7) is 6.03. The molecule has 0 aliphatic heterocycles. The maximum Gasteiger partial charge on any atom is 0.188 e. The summed E-state index contributed by atoms with van der Waals surface area (Å²) in [7, 11) is 0. The van der Waals surface area contributed by atoms with Crippen LogP contribution in [0.25, 0.3) is 22.7 Å². The first kappa shape index (κ1) is 19.9. The van der Waals surface area contributed by atoms with Crippen molar-refractivity contribution in [1.82, 2.24) is 23.9 Å². The van der Waals surface area contributed by atoms with Gasteiger partial charge in [-0.25, -0.2) is 15.0 Å². The summed E-state index contributed by atoms with van der Waals surface area (Å²) in [5.41, 5.74) is 7.11. The molecule has 0 saturated carbocycles. The number of hydrogen-bond donors (Lipinski definition) is 0. The van der Waals surface area contributed by atoms with E-state index in [-0.39, 0.29) is 12.2 Å². The van der Waals surface area contributed by atoms with Crippen molar-refractivity contribution in [2.45, 2.75) is 27.2 Å². The predicted octanol–water partition coefficient (Wildman–Crippen LogP) is 4.93. The Labute approximate surface area is 186 Å². The van der Waals surface area contributed by atoms with Crippen LogP contribution in [-0.2, 0) is 6.42 Å². The van der Waals surface area contributed by atoms with Gasteiger partial charge in [-0.1, -0.05) is 42.0 Å². The summed E-state index contributed by atoms with van der Waals surface area (Å²) < 4.78 is 3.79. The summed E-state index contributed by atoms with van der Waals surface area (Å²) in [4.78, 5) is 26.9. The van der Waals surface area contributed by atoms with E-state index < -0.39 is 0 Å². The van der Waals surface area contributed by atoms with Crippen molar-refractivity contribution < 1.29 is 4.79 Å².